The topological polar surface area (TPSA) is 79.8 Å². The molecule has 0 bridgehead atoms. The Morgan fingerprint density at radius 2 is 1.85 bits per heavy atom. The van der Waals surface area contributed by atoms with Crippen LogP contribution >= 0.6 is 0 Å². The smallest absolute Gasteiger partial charge is 0.416 e. The number of amides is 1. The molecule has 2 heterocycles. The van der Waals surface area contributed by atoms with Crippen molar-refractivity contribution in [2.24, 2.45) is 0 Å². The number of aromatic nitrogens is 1. The first kappa shape index (κ1) is 25.2. The summed E-state index contributed by atoms with van der Waals surface area (Å²) in [6.07, 6.45) is 4.52. The lowest BCUT2D eigenvalue weighted by atomic mass is 9.99. The molecule has 1 aromatic heterocycles. The Kier molecular flexibility index (Phi) is 7.80. The van der Waals surface area contributed by atoms with E-state index in [-0.39, 0.29) is 6.04 Å². The summed E-state index contributed by atoms with van der Waals surface area (Å²) >= 11 is 0. The molecule has 0 aliphatic carbocycles. The van der Waals surface area contributed by atoms with Crippen molar-refractivity contribution < 1.29 is 17.9 Å². The van der Waals surface area contributed by atoms with Crippen molar-refractivity contribution in [1.29, 1.82) is 0 Å². The molecule has 0 N–H and O–H groups in total. The molecular weight excluding hydrogens is 438 g/mol. The van der Waals surface area contributed by atoms with Gasteiger partial charge in [0.1, 0.15) is 11.4 Å². The van der Waals surface area contributed by atoms with E-state index in [9.17, 15) is 13.2 Å². The number of aryl methyl sites for hydroxylation is 1. The molecule has 1 fully saturated rings. The number of ether oxygens (including phenoxy) is 1. The van der Waals surface area contributed by atoms with Crippen molar-refractivity contribution in [1.82, 2.24) is 9.29 Å². The van der Waals surface area contributed by atoms with Crippen LogP contribution in [0.15, 0.2) is 47.5 Å². The molecule has 0 radical (unpaired) electrons. The number of rotatable bonds is 6. The highest BCUT2D eigenvalue weighted by atomic mass is 32.2. The van der Waals surface area contributed by atoms with Gasteiger partial charge in [-0.3, -0.25) is 4.90 Å². The number of benzene rings is 1. The van der Waals surface area contributed by atoms with Crippen LogP contribution in [0.25, 0.3) is 0 Å². The standard InChI is InChI=1S/C25H35N3O4S/c1-6-16-27(24(29)32-25(3,4)5)23-15-12-20(18-26-23)22-9-7-8-17-28(22)33(30,31)21-13-10-19(2)11-14-21/h10-15,18,22H,6-9,16-17H2,1-5H3/t22-/m1/s1. The van der Waals surface area contributed by atoms with E-state index < -0.39 is 21.7 Å². The summed E-state index contributed by atoms with van der Waals surface area (Å²) in [6, 6.07) is 10.3. The molecule has 0 saturated carbocycles. The van der Waals surface area contributed by atoms with Crippen LogP contribution in [0.2, 0.25) is 0 Å². The van der Waals surface area contributed by atoms with Crippen molar-refractivity contribution in [2.75, 3.05) is 18.0 Å². The van der Waals surface area contributed by atoms with E-state index in [0.717, 1.165) is 36.8 Å². The molecule has 1 atom stereocenters. The summed E-state index contributed by atoms with van der Waals surface area (Å²) in [4.78, 5) is 19.0. The highest BCUT2D eigenvalue weighted by Crippen LogP contribution is 2.35. The summed E-state index contributed by atoms with van der Waals surface area (Å²) < 4.78 is 33.9. The number of nitrogens with zero attached hydrogens (tertiary/aromatic N) is 3. The van der Waals surface area contributed by atoms with Crippen LogP contribution in [-0.2, 0) is 14.8 Å². The van der Waals surface area contributed by atoms with Gasteiger partial charge in [-0.2, -0.15) is 4.31 Å². The van der Waals surface area contributed by atoms with E-state index in [1.54, 1.807) is 28.7 Å². The number of pyridine rings is 1. The van der Waals surface area contributed by atoms with E-state index in [4.69, 9.17) is 4.74 Å². The Balaban J connectivity index is 1.87. The Hall–Kier alpha value is -2.45. The van der Waals surface area contributed by atoms with Crippen LogP contribution in [0.1, 0.15) is 70.5 Å². The first-order chi connectivity index (χ1) is 15.5. The minimum Gasteiger partial charge on any atom is -0.443 e. The Morgan fingerprint density at radius 1 is 1.15 bits per heavy atom. The number of anilines is 1. The second kappa shape index (κ2) is 10.2. The van der Waals surface area contributed by atoms with Crippen LogP contribution in [0.4, 0.5) is 10.6 Å². The zero-order valence-corrected chi connectivity index (χ0v) is 21.1. The minimum absolute atomic E-state index is 0.284. The predicted molar refractivity (Wildman–Crippen MR) is 130 cm³/mol. The van der Waals surface area contributed by atoms with Gasteiger partial charge in [0.15, 0.2) is 0 Å². The fraction of sp³-hybridized carbons (Fsp3) is 0.520. The molecule has 3 rings (SSSR count). The predicted octanol–water partition coefficient (Wildman–Crippen LogP) is 5.46. The van der Waals surface area contributed by atoms with Gasteiger partial charge in [-0.05, 0) is 70.7 Å². The van der Waals surface area contributed by atoms with Gasteiger partial charge in [0.2, 0.25) is 10.0 Å². The highest BCUT2D eigenvalue weighted by molar-refractivity contribution is 7.89. The molecule has 0 unspecified atom stereocenters. The van der Waals surface area contributed by atoms with Crippen LogP contribution in [0.3, 0.4) is 0 Å². The van der Waals surface area contributed by atoms with Gasteiger partial charge in [0.25, 0.3) is 0 Å². The number of carbonyl (C=O) groups is 1. The van der Waals surface area contributed by atoms with Crippen molar-refractivity contribution in [2.45, 2.75) is 76.8 Å². The lowest BCUT2D eigenvalue weighted by Gasteiger charge is -2.35. The summed E-state index contributed by atoms with van der Waals surface area (Å²) in [7, 11) is -3.62. The maximum atomic E-state index is 13.4. The van der Waals surface area contributed by atoms with Gasteiger partial charge in [-0.25, -0.2) is 18.2 Å². The number of carbonyl (C=O) groups excluding carboxylic acids is 1. The SMILES string of the molecule is CCCN(C(=O)OC(C)(C)C)c1ccc([C@H]2CCCCN2S(=O)(=O)c2ccc(C)cc2)cn1. The normalized spacial score (nSPS) is 17.5. The van der Waals surface area contributed by atoms with Crippen LogP contribution in [-0.4, -0.2) is 42.5 Å². The first-order valence-corrected chi connectivity index (χ1v) is 13.0. The zero-order chi connectivity index (χ0) is 24.2. The number of hydrogen-bond donors (Lipinski definition) is 0. The average molecular weight is 474 g/mol. The second-order valence-electron chi connectivity index (χ2n) is 9.52. The summed E-state index contributed by atoms with van der Waals surface area (Å²) in [5.74, 6) is 0.499. The van der Waals surface area contributed by atoms with E-state index >= 15 is 0 Å². The first-order valence-electron chi connectivity index (χ1n) is 11.6. The van der Waals surface area contributed by atoms with Gasteiger partial charge < -0.3 is 4.74 Å². The zero-order valence-electron chi connectivity index (χ0n) is 20.2. The van der Waals surface area contributed by atoms with Crippen LogP contribution in [0.5, 0.6) is 0 Å². The minimum atomic E-state index is -3.62. The Morgan fingerprint density at radius 3 is 2.42 bits per heavy atom. The fourth-order valence-corrected chi connectivity index (χ4v) is 5.65. The molecule has 0 spiro atoms. The van der Waals surface area contributed by atoms with Crippen molar-refractivity contribution >= 4 is 21.9 Å². The summed E-state index contributed by atoms with van der Waals surface area (Å²) in [6.45, 7) is 10.4. The second-order valence-corrected chi connectivity index (χ2v) is 11.4. The maximum absolute atomic E-state index is 13.4. The lowest BCUT2D eigenvalue weighted by Crippen LogP contribution is -2.39. The number of hydrogen-bond acceptors (Lipinski definition) is 5. The molecule has 1 aliphatic rings. The van der Waals surface area contributed by atoms with E-state index in [1.807, 2.05) is 52.8 Å². The molecular formula is C25H35N3O4S. The Labute approximate surface area is 197 Å². The summed E-state index contributed by atoms with van der Waals surface area (Å²) in [5, 5.41) is 0. The third kappa shape index (κ3) is 6.12. The molecule has 1 aliphatic heterocycles. The van der Waals surface area contributed by atoms with Crippen LogP contribution < -0.4 is 4.90 Å². The molecule has 180 valence electrons. The fourth-order valence-electron chi connectivity index (χ4n) is 3.97. The van der Waals surface area contributed by atoms with Gasteiger partial charge in [0, 0.05) is 19.3 Å². The van der Waals surface area contributed by atoms with Crippen molar-refractivity contribution in [3.05, 3.63) is 53.7 Å². The monoisotopic (exact) mass is 473 g/mol. The third-order valence-corrected chi connectivity index (χ3v) is 7.50. The molecule has 33 heavy (non-hydrogen) atoms. The lowest BCUT2D eigenvalue weighted by molar-refractivity contribution is 0.0579. The molecule has 1 aromatic carbocycles. The number of sulfonamides is 1. The van der Waals surface area contributed by atoms with Gasteiger partial charge in [-0.15, -0.1) is 0 Å². The average Bonchev–Trinajstić information content (AvgIpc) is 2.77. The van der Waals surface area contributed by atoms with Crippen molar-refractivity contribution in [3.8, 4) is 0 Å². The third-order valence-electron chi connectivity index (χ3n) is 5.57. The van der Waals surface area contributed by atoms with Crippen molar-refractivity contribution in [3.63, 3.8) is 0 Å². The summed E-state index contributed by atoms with van der Waals surface area (Å²) in [5.41, 5.74) is 1.25. The quantitative estimate of drug-likeness (QED) is 0.557. The van der Waals surface area contributed by atoms with Crippen LogP contribution in [0, 0.1) is 6.92 Å². The van der Waals surface area contributed by atoms with E-state index in [0.29, 0.717) is 23.8 Å². The highest BCUT2D eigenvalue weighted by Gasteiger charge is 2.34. The van der Waals surface area contributed by atoms with Gasteiger partial charge >= 0.3 is 6.09 Å². The van der Waals surface area contributed by atoms with Gasteiger partial charge in [0.05, 0.1) is 10.9 Å². The molecule has 2 aromatic rings. The van der Waals surface area contributed by atoms with Gasteiger partial charge in [-0.1, -0.05) is 37.1 Å². The molecule has 7 nitrogen and oxygen atoms in total. The van der Waals surface area contributed by atoms with E-state index in [1.165, 1.54) is 4.90 Å². The largest absolute Gasteiger partial charge is 0.443 e. The molecule has 1 amide bonds. The number of piperidine rings is 1. The molecule has 1 saturated heterocycles. The Bertz CT molecular complexity index is 1040. The maximum Gasteiger partial charge on any atom is 0.416 e. The van der Waals surface area contributed by atoms with E-state index in [2.05, 4.69) is 4.98 Å². The molecule has 8 heteroatoms.